The highest BCUT2D eigenvalue weighted by Crippen LogP contribution is 2.48. The number of halogens is 1. The molecule has 5 heteroatoms. The number of hydrogen-bond donors (Lipinski definition) is 2. The predicted molar refractivity (Wildman–Crippen MR) is 109 cm³/mol. The molecule has 2 rings (SSSR count). The molecule has 1 aromatic carbocycles. The molecule has 25 heavy (non-hydrogen) atoms. The van der Waals surface area contributed by atoms with Crippen LogP contribution in [-0.4, -0.2) is 30.0 Å². The van der Waals surface area contributed by atoms with Crippen molar-refractivity contribution in [2.45, 2.75) is 63.5 Å². The molecule has 0 heterocycles. The third-order valence-corrected chi connectivity index (χ3v) is 6.22. The number of thioether (sulfide) groups is 1. The van der Waals surface area contributed by atoms with E-state index in [2.05, 4.69) is 31.3 Å². The molecule has 2 atom stereocenters. The summed E-state index contributed by atoms with van der Waals surface area (Å²) in [6, 6.07) is 7.84. The molecule has 0 spiro atoms. The van der Waals surface area contributed by atoms with Gasteiger partial charge in [0.2, 0.25) is 5.91 Å². The third-order valence-electron chi connectivity index (χ3n) is 5.33. The lowest BCUT2D eigenvalue weighted by atomic mass is 9.58. The first kappa shape index (κ1) is 20.6. The molecular weight excluding hydrogens is 352 g/mol. The molecule has 140 valence electrons. The summed E-state index contributed by atoms with van der Waals surface area (Å²) < 4.78 is 0. The van der Waals surface area contributed by atoms with Crippen LogP contribution in [0.1, 0.15) is 51.5 Å². The van der Waals surface area contributed by atoms with Gasteiger partial charge in [-0.2, -0.15) is 11.8 Å². The van der Waals surface area contributed by atoms with Crippen molar-refractivity contribution in [3.05, 3.63) is 34.9 Å². The van der Waals surface area contributed by atoms with Gasteiger partial charge in [-0.3, -0.25) is 4.79 Å². The van der Waals surface area contributed by atoms with Gasteiger partial charge in [0.05, 0.1) is 6.04 Å². The Hall–Kier alpha value is -0.710. The molecule has 0 saturated heterocycles. The van der Waals surface area contributed by atoms with Crippen LogP contribution in [0.2, 0.25) is 5.02 Å². The summed E-state index contributed by atoms with van der Waals surface area (Å²) in [6.07, 6.45) is 7.12. The predicted octanol–water partition coefficient (Wildman–Crippen LogP) is 4.37. The Balaban J connectivity index is 2.19. The Morgan fingerprint density at radius 2 is 1.96 bits per heavy atom. The number of nitrogens with one attached hydrogen (secondary N) is 1. The standard InChI is InChI=1S/C20H31ClN2OS/c1-14(2)13-18(23-19(24)17(22)9-12-25-3)20(10-4-11-20)15-5-7-16(21)8-6-15/h5-8,14,17-18H,4,9-13,22H2,1-3H3,(H,23,24). The van der Waals surface area contributed by atoms with Crippen LogP contribution in [0.5, 0.6) is 0 Å². The molecule has 1 fully saturated rings. The van der Waals surface area contributed by atoms with Gasteiger partial charge in [-0.1, -0.05) is 44.0 Å². The lowest BCUT2D eigenvalue weighted by Crippen LogP contribution is -2.57. The Morgan fingerprint density at radius 3 is 2.44 bits per heavy atom. The zero-order valence-corrected chi connectivity index (χ0v) is 17.1. The SMILES string of the molecule is CSCCC(N)C(=O)NC(CC(C)C)C1(c2ccc(Cl)cc2)CCC1. The minimum atomic E-state index is -0.426. The van der Waals surface area contributed by atoms with E-state index in [1.807, 2.05) is 18.4 Å². The zero-order valence-electron chi connectivity index (χ0n) is 15.6. The Bertz CT molecular complexity index is 557. The molecule has 0 aromatic heterocycles. The molecule has 2 unspecified atom stereocenters. The van der Waals surface area contributed by atoms with Gasteiger partial charge in [-0.15, -0.1) is 0 Å². The fourth-order valence-electron chi connectivity index (χ4n) is 3.73. The van der Waals surface area contributed by atoms with Crippen molar-refractivity contribution in [2.75, 3.05) is 12.0 Å². The van der Waals surface area contributed by atoms with E-state index in [-0.39, 0.29) is 17.4 Å². The minimum Gasteiger partial charge on any atom is -0.351 e. The number of carbonyl (C=O) groups excluding carboxylic acids is 1. The highest BCUT2D eigenvalue weighted by Gasteiger charge is 2.46. The fraction of sp³-hybridized carbons (Fsp3) is 0.650. The highest BCUT2D eigenvalue weighted by molar-refractivity contribution is 7.98. The van der Waals surface area contributed by atoms with E-state index in [0.29, 0.717) is 5.92 Å². The van der Waals surface area contributed by atoms with Crippen LogP contribution in [0, 0.1) is 5.92 Å². The van der Waals surface area contributed by atoms with E-state index in [1.54, 1.807) is 11.8 Å². The zero-order chi connectivity index (χ0) is 18.4. The lowest BCUT2D eigenvalue weighted by molar-refractivity contribution is -0.124. The summed E-state index contributed by atoms with van der Waals surface area (Å²) in [6.45, 7) is 4.42. The third kappa shape index (κ3) is 5.15. The Morgan fingerprint density at radius 1 is 1.32 bits per heavy atom. The first-order valence-electron chi connectivity index (χ1n) is 9.20. The Labute approximate surface area is 161 Å². The maximum Gasteiger partial charge on any atom is 0.237 e. The van der Waals surface area contributed by atoms with Gasteiger partial charge in [0.1, 0.15) is 0 Å². The molecule has 3 nitrogen and oxygen atoms in total. The van der Waals surface area contributed by atoms with Crippen molar-refractivity contribution in [2.24, 2.45) is 11.7 Å². The van der Waals surface area contributed by atoms with Crippen molar-refractivity contribution in [3.8, 4) is 0 Å². The molecule has 1 saturated carbocycles. The molecule has 1 aromatic rings. The first-order chi connectivity index (χ1) is 11.9. The van der Waals surface area contributed by atoms with Crippen LogP contribution < -0.4 is 11.1 Å². The second-order valence-corrected chi connectivity index (χ2v) is 9.02. The van der Waals surface area contributed by atoms with Gasteiger partial charge in [-0.25, -0.2) is 0 Å². The molecule has 3 N–H and O–H groups in total. The van der Waals surface area contributed by atoms with E-state index >= 15 is 0 Å². The summed E-state index contributed by atoms with van der Waals surface area (Å²) in [5, 5.41) is 4.06. The smallest absolute Gasteiger partial charge is 0.237 e. The number of nitrogens with two attached hydrogens (primary N) is 1. The quantitative estimate of drug-likeness (QED) is 0.666. The van der Waals surface area contributed by atoms with E-state index < -0.39 is 6.04 Å². The van der Waals surface area contributed by atoms with Crippen LogP contribution >= 0.6 is 23.4 Å². The fourth-order valence-corrected chi connectivity index (χ4v) is 4.34. The molecule has 0 aliphatic heterocycles. The van der Waals surface area contributed by atoms with Crippen LogP contribution in [0.15, 0.2) is 24.3 Å². The van der Waals surface area contributed by atoms with Crippen molar-refractivity contribution in [1.82, 2.24) is 5.32 Å². The van der Waals surface area contributed by atoms with Crippen molar-refractivity contribution in [1.29, 1.82) is 0 Å². The van der Waals surface area contributed by atoms with E-state index in [4.69, 9.17) is 17.3 Å². The Kier molecular flexibility index (Phi) is 7.66. The molecule has 0 radical (unpaired) electrons. The lowest BCUT2D eigenvalue weighted by Gasteiger charge is -2.49. The van der Waals surface area contributed by atoms with E-state index in [1.165, 1.54) is 12.0 Å². The van der Waals surface area contributed by atoms with Gasteiger partial charge in [0.25, 0.3) is 0 Å². The maximum absolute atomic E-state index is 12.6. The molecule has 1 amide bonds. The molecule has 1 aliphatic rings. The average molecular weight is 383 g/mol. The summed E-state index contributed by atoms with van der Waals surface area (Å²) in [5.74, 6) is 1.41. The number of rotatable bonds is 9. The van der Waals surface area contributed by atoms with Gasteiger partial charge in [0.15, 0.2) is 0 Å². The normalized spacial score (nSPS) is 18.5. The molecular formula is C20H31ClN2OS. The molecule has 0 bridgehead atoms. The highest BCUT2D eigenvalue weighted by atomic mass is 35.5. The van der Waals surface area contributed by atoms with Crippen LogP contribution in [-0.2, 0) is 10.2 Å². The number of benzene rings is 1. The number of hydrogen-bond acceptors (Lipinski definition) is 3. The first-order valence-corrected chi connectivity index (χ1v) is 11.0. The topological polar surface area (TPSA) is 55.1 Å². The van der Waals surface area contributed by atoms with Crippen LogP contribution in [0.4, 0.5) is 0 Å². The van der Waals surface area contributed by atoms with Gasteiger partial charge in [0, 0.05) is 16.5 Å². The van der Waals surface area contributed by atoms with Crippen molar-refractivity contribution < 1.29 is 4.79 Å². The van der Waals surface area contributed by atoms with E-state index in [9.17, 15) is 4.79 Å². The second kappa shape index (κ2) is 9.29. The number of amides is 1. The van der Waals surface area contributed by atoms with Crippen molar-refractivity contribution in [3.63, 3.8) is 0 Å². The monoisotopic (exact) mass is 382 g/mol. The average Bonchev–Trinajstić information content (AvgIpc) is 2.52. The van der Waals surface area contributed by atoms with Crippen LogP contribution in [0.3, 0.4) is 0 Å². The van der Waals surface area contributed by atoms with Gasteiger partial charge < -0.3 is 11.1 Å². The maximum atomic E-state index is 12.6. The second-order valence-electron chi connectivity index (χ2n) is 7.60. The van der Waals surface area contributed by atoms with Crippen molar-refractivity contribution >= 4 is 29.3 Å². The minimum absolute atomic E-state index is 0.0139. The summed E-state index contributed by atoms with van der Waals surface area (Å²) in [7, 11) is 0. The van der Waals surface area contributed by atoms with Gasteiger partial charge >= 0.3 is 0 Å². The number of carbonyl (C=O) groups is 1. The summed E-state index contributed by atoms with van der Waals surface area (Å²) in [5.41, 5.74) is 7.40. The van der Waals surface area contributed by atoms with Gasteiger partial charge in [-0.05, 0) is 61.3 Å². The summed E-state index contributed by atoms with van der Waals surface area (Å²) >= 11 is 7.80. The van der Waals surface area contributed by atoms with Crippen LogP contribution in [0.25, 0.3) is 0 Å². The summed E-state index contributed by atoms with van der Waals surface area (Å²) in [4.78, 5) is 12.6. The van der Waals surface area contributed by atoms with E-state index in [0.717, 1.165) is 36.5 Å². The largest absolute Gasteiger partial charge is 0.351 e. The molecule has 1 aliphatic carbocycles.